The molecule has 0 aliphatic heterocycles. The summed E-state index contributed by atoms with van der Waals surface area (Å²) in [6.45, 7) is 2.27. The molecular weight excluding hydrogens is 296 g/mol. The molecule has 1 aromatic carbocycles. The Morgan fingerprint density at radius 1 is 1.26 bits per heavy atom. The second-order valence-electron chi connectivity index (χ2n) is 4.72. The molecule has 0 spiro atoms. The number of benzene rings is 1. The first-order valence-corrected chi connectivity index (χ1v) is 7.11. The number of hydrogen-bond donors (Lipinski definition) is 1. The lowest BCUT2D eigenvalue weighted by molar-refractivity contribution is 0.102. The molecule has 3 aromatic rings. The number of nitrogens with one attached hydrogen (secondary N) is 1. The van der Waals surface area contributed by atoms with Gasteiger partial charge >= 0.3 is 5.63 Å². The fourth-order valence-electron chi connectivity index (χ4n) is 2.15. The number of rotatable bonds is 4. The molecule has 1 amide bonds. The Hall–Kier alpha value is -3.15. The number of carbonyl (C=O) groups is 1. The van der Waals surface area contributed by atoms with E-state index in [0.717, 1.165) is 0 Å². The lowest BCUT2D eigenvalue weighted by atomic mass is 10.2. The number of pyridine rings is 1. The number of nitrogens with zero attached hydrogens (tertiary/aromatic N) is 1. The summed E-state index contributed by atoms with van der Waals surface area (Å²) >= 11 is 0. The third-order valence-electron chi connectivity index (χ3n) is 3.19. The summed E-state index contributed by atoms with van der Waals surface area (Å²) in [7, 11) is 0. The highest BCUT2D eigenvalue weighted by atomic mass is 16.5. The van der Waals surface area contributed by atoms with Crippen molar-refractivity contribution in [2.75, 3.05) is 11.9 Å². The Morgan fingerprint density at radius 3 is 2.91 bits per heavy atom. The molecule has 0 fully saturated rings. The zero-order valence-electron chi connectivity index (χ0n) is 12.4. The molecule has 1 N–H and O–H groups in total. The molecule has 0 unspecified atom stereocenters. The van der Waals surface area contributed by atoms with E-state index in [0.29, 0.717) is 23.3 Å². The Kier molecular flexibility index (Phi) is 4.05. The lowest BCUT2D eigenvalue weighted by Crippen LogP contribution is -2.21. The van der Waals surface area contributed by atoms with E-state index in [2.05, 4.69) is 10.3 Å². The second-order valence-corrected chi connectivity index (χ2v) is 4.72. The number of fused-ring (bicyclic) bond motifs is 1. The molecule has 2 aromatic heterocycles. The van der Waals surface area contributed by atoms with Crippen LogP contribution in [0.15, 0.2) is 57.9 Å². The Balaban J connectivity index is 1.95. The van der Waals surface area contributed by atoms with Gasteiger partial charge in [-0.2, -0.15) is 0 Å². The van der Waals surface area contributed by atoms with Gasteiger partial charge in [0.05, 0.1) is 6.61 Å². The third kappa shape index (κ3) is 3.06. The summed E-state index contributed by atoms with van der Waals surface area (Å²) in [4.78, 5) is 28.4. The van der Waals surface area contributed by atoms with Crippen LogP contribution in [-0.2, 0) is 0 Å². The fraction of sp³-hybridized carbons (Fsp3) is 0.118. The minimum atomic E-state index is -0.699. The predicted octanol–water partition coefficient (Wildman–Crippen LogP) is 2.84. The van der Waals surface area contributed by atoms with E-state index in [4.69, 9.17) is 9.15 Å². The minimum Gasteiger partial charge on any atom is -0.490 e. The van der Waals surface area contributed by atoms with Gasteiger partial charge in [0.1, 0.15) is 11.1 Å². The summed E-state index contributed by atoms with van der Waals surface area (Å²) in [5.41, 5.74) is -0.353. The molecule has 0 saturated carbocycles. The van der Waals surface area contributed by atoms with Crippen molar-refractivity contribution in [3.8, 4) is 5.75 Å². The zero-order valence-corrected chi connectivity index (χ0v) is 12.4. The van der Waals surface area contributed by atoms with Crippen LogP contribution in [0.5, 0.6) is 5.75 Å². The molecular formula is C17H14N2O4. The first kappa shape index (κ1) is 14.8. The van der Waals surface area contributed by atoms with Crippen molar-refractivity contribution in [1.82, 2.24) is 4.98 Å². The fourth-order valence-corrected chi connectivity index (χ4v) is 2.15. The Labute approximate surface area is 131 Å². The van der Waals surface area contributed by atoms with E-state index >= 15 is 0 Å². The van der Waals surface area contributed by atoms with Gasteiger partial charge < -0.3 is 14.5 Å². The summed E-state index contributed by atoms with van der Waals surface area (Å²) in [5, 5.41) is 3.25. The summed E-state index contributed by atoms with van der Waals surface area (Å²) in [6.07, 6.45) is 1.53. The number of amides is 1. The molecule has 23 heavy (non-hydrogen) atoms. The number of carbonyl (C=O) groups excluding carboxylic acids is 1. The van der Waals surface area contributed by atoms with Crippen LogP contribution >= 0.6 is 0 Å². The van der Waals surface area contributed by atoms with Crippen molar-refractivity contribution in [1.29, 1.82) is 0 Å². The molecule has 3 rings (SSSR count). The van der Waals surface area contributed by atoms with Gasteiger partial charge in [0, 0.05) is 11.6 Å². The lowest BCUT2D eigenvalue weighted by Gasteiger charge is -2.09. The van der Waals surface area contributed by atoms with Crippen LogP contribution in [-0.4, -0.2) is 17.5 Å². The van der Waals surface area contributed by atoms with Gasteiger partial charge in [-0.05, 0) is 31.2 Å². The van der Waals surface area contributed by atoms with Gasteiger partial charge in [-0.25, -0.2) is 9.78 Å². The largest absolute Gasteiger partial charge is 0.490 e. The normalized spacial score (nSPS) is 10.5. The standard InChI is InChI=1S/C17H14N2O4/c1-2-22-14-8-5-9-18-15(14)19-16(20)12-10-11-6-3-4-7-13(11)23-17(12)21/h3-10H,2H2,1H3,(H,18,19,20). The maximum Gasteiger partial charge on any atom is 0.349 e. The highest BCUT2D eigenvalue weighted by molar-refractivity contribution is 6.05. The van der Waals surface area contributed by atoms with E-state index in [-0.39, 0.29) is 11.4 Å². The topological polar surface area (TPSA) is 81.4 Å². The van der Waals surface area contributed by atoms with Crippen molar-refractivity contribution >= 4 is 22.7 Å². The quantitative estimate of drug-likeness (QED) is 0.749. The minimum absolute atomic E-state index is 0.0863. The number of para-hydroxylation sites is 1. The molecule has 2 heterocycles. The Morgan fingerprint density at radius 2 is 2.09 bits per heavy atom. The van der Waals surface area contributed by atoms with Gasteiger partial charge in [-0.1, -0.05) is 18.2 Å². The highest BCUT2D eigenvalue weighted by Gasteiger charge is 2.16. The van der Waals surface area contributed by atoms with Crippen molar-refractivity contribution in [3.63, 3.8) is 0 Å². The third-order valence-corrected chi connectivity index (χ3v) is 3.19. The summed E-state index contributed by atoms with van der Waals surface area (Å²) in [6, 6.07) is 11.9. The van der Waals surface area contributed by atoms with Gasteiger partial charge in [-0.15, -0.1) is 0 Å². The van der Waals surface area contributed by atoms with Gasteiger partial charge in [0.25, 0.3) is 5.91 Å². The van der Waals surface area contributed by atoms with Crippen LogP contribution in [0.2, 0.25) is 0 Å². The maximum atomic E-state index is 12.4. The summed E-state index contributed by atoms with van der Waals surface area (Å²) < 4.78 is 10.6. The molecule has 0 aliphatic carbocycles. The van der Waals surface area contributed by atoms with Crippen LogP contribution in [0.3, 0.4) is 0 Å². The predicted molar refractivity (Wildman–Crippen MR) is 85.8 cm³/mol. The molecule has 0 saturated heterocycles. The van der Waals surface area contributed by atoms with Crippen LogP contribution in [0.25, 0.3) is 11.0 Å². The molecule has 0 aliphatic rings. The van der Waals surface area contributed by atoms with E-state index in [1.807, 2.05) is 6.92 Å². The van der Waals surface area contributed by atoms with E-state index in [9.17, 15) is 9.59 Å². The maximum absolute atomic E-state index is 12.4. The van der Waals surface area contributed by atoms with Crippen molar-refractivity contribution in [2.45, 2.75) is 6.92 Å². The number of ether oxygens (including phenoxy) is 1. The average Bonchev–Trinajstić information content (AvgIpc) is 2.56. The van der Waals surface area contributed by atoms with E-state index in [1.165, 1.54) is 12.3 Å². The molecule has 6 nitrogen and oxygen atoms in total. The molecule has 6 heteroatoms. The average molecular weight is 310 g/mol. The Bertz CT molecular complexity index is 918. The van der Waals surface area contributed by atoms with Gasteiger partial charge in [-0.3, -0.25) is 4.79 Å². The number of aromatic nitrogens is 1. The van der Waals surface area contributed by atoms with Crippen LogP contribution < -0.4 is 15.7 Å². The van der Waals surface area contributed by atoms with Crippen LogP contribution in [0.4, 0.5) is 5.82 Å². The van der Waals surface area contributed by atoms with E-state index < -0.39 is 11.5 Å². The number of hydrogen-bond acceptors (Lipinski definition) is 5. The van der Waals surface area contributed by atoms with Gasteiger partial charge in [0.2, 0.25) is 0 Å². The van der Waals surface area contributed by atoms with Gasteiger partial charge in [0.15, 0.2) is 11.6 Å². The van der Waals surface area contributed by atoms with Crippen molar-refractivity contribution in [2.24, 2.45) is 0 Å². The van der Waals surface area contributed by atoms with Crippen LogP contribution in [0.1, 0.15) is 17.3 Å². The SMILES string of the molecule is CCOc1cccnc1NC(=O)c1cc2ccccc2oc1=O. The molecule has 0 atom stereocenters. The monoisotopic (exact) mass is 310 g/mol. The molecule has 0 bridgehead atoms. The number of anilines is 1. The molecule has 116 valence electrons. The smallest absolute Gasteiger partial charge is 0.349 e. The van der Waals surface area contributed by atoms with E-state index in [1.54, 1.807) is 36.4 Å². The van der Waals surface area contributed by atoms with Crippen LogP contribution in [0, 0.1) is 0 Å². The second kappa shape index (κ2) is 6.31. The highest BCUT2D eigenvalue weighted by Crippen LogP contribution is 2.21. The molecule has 0 radical (unpaired) electrons. The summed E-state index contributed by atoms with van der Waals surface area (Å²) in [5.74, 6) is 0.101. The van der Waals surface area contributed by atoms with Crippen molar-refractivity contribution < 1.29 is 13.9 Å². The van der Waals surface area contributed by atoms with Crippen molar-refractivity contribution in [3.05, 3.63) is 64.6 Å². The first-order valence-electron chi connectivity index (χ1n) is 7.11. The first-order chi connectivity index (χ1) is 11.2. The zero-order chi connectivity index (χ0) is 16.2.